The highest BCUT2D eigenvalue weighted by Crippen LogP contribution is 2.22. The van der Waals surface area contributed by atoms with E-state index in [4.69, 9.17) is 0 Å². The molecule has 0 radical (unpaired) electrons. The smallest absolute Gasteiger partial charge is 0.138 e. The third-order valence-corrected chi connectivity index (χ3v) is 3.53. The zero-order chi connectivity index (χ0) is 10.0. The molecule has 1 saturated heterocycles. The molecule has 76 valence electrons. The van der Waals surface area contributed by atoms with Crippen molar-refractivity contribution in [3.63, 3.8) is 0 Å². The van der Waals surface area contributed by atoms with Crippen molar-refractivity contribution >= 4 is 5.78 Å². The number of piperidine rings is 1. The maximum absolute atomic E-state index is 11.4. The molecular weight excluding hydrogens is 162 g/mol. The molecule has 13 heavy (non-hydrogen) atoms. The van der Waals surface area contributed by atoms with E-state index in [1.165, 1.54) is 6.42 Å². The Kier molecular flexibility index (Phi) is 3.48. The molecule has 0 aromatic carbocycles. The molecule has 0 bridgehead atoms. The summed E-state index contributed by atoms with van der Waals surface area (Å²) in [6.07, 6.45) is 1.92. The first-order valence-electron chi connectivity index (χ1n) is 5.36. The minimum absolute atomic E-state index is 0.225. The molecule has 0 aromatic heterocycles. The Labute approximate surface area is 81.3 Å². The van der Waals surface area contributed by atoms with Crippen molar-refractivity contribution in [1.29, 1.82) is 0 Å². The summed E-state index contributed by atoms with van der Waals surface area (Å²) < 4.78 is 0. The van der Waals surface area contributed by atoms with Gasteiger partial charge in [0.05, 0.1) is 0 Å². The Bertz CT molecular complexity index is 191. The van der Waals surface area contributed by atoms with Gasteiger partial charge in [-0.2, -0.15) is 0 Å². The second-order valence-corrected chi connectivity index (χ2v) is 4.24. The predicted octanol–water partition coefficient (Wildman–Crippen LogP) is 2.08. The van der Waals surface area contributed by atoms with Gasteiger partial charge in [-0.1, -0.05) is 13.8 Å². The van der Waals surface area contributed by atoms with E-state index in [9.17, 15) is 4.79 Å². The van der Waals surface area contributed by atoms with Crippen molar-refractivity contribution < 1.29 is 4.79 Å². The van der Waals surface area contributed by atoms with Crippen LogP contribution in [0.1, 0.15) is 40.5 Å². The molecule has 0 N–H and O–H groups in total. The summed E-state index contributed by atoms with van der Waals surface area (Å²) in [6.45, 7) is 9.65. The van der Waals surface area contributed by atoms with Gasteiger partial charge in [0, 0.05) is 31.0 Å². The lowest BCUT2D eigenvalue weighted by atomic mass is 9.89. The van der Waals surface area contributed by atoms with Crippen LogP contribution in [-0.2, 0) is 4.79 Å². The fourth-order valence-corrected chi connectivity index (χ4v) is 2.08. The summed E-state index contributed by atoms with van der Waals surface area (Å²) in [6, 6.07) is 1.04. The lowest BCUT2D eigenvalue weighted by molar-refractivity contribution is -0.128. The van der Waals surface area contributed by atoms with Crippen molar-refractivity contribution in [3.8, 4) is 0 Å². The normalized spacial score (nSPS) is 33.4. The van der Waals surface area contributed by atoms with Crippen LogP contribution in [0, 0.1) is 5.92 Å². The van der Waals surface area contributed by atoms with Crippen LogP contribution in [0.25, 0.3) is 0 Å². The van der Waals surface area contributed by atoms with E-state index in [0.717, 1.165) is 13.0 Å². The van der Waals surface area contributed by atoms with Crippen molar-refractivity contribution in [1.82, 2.24) is 4.90 Å². The van der Waals surface area contributed by atoms with Gasteiger partial charge in [-0.3, -0.25) is 9.69 Å². The third-order valence-electron chi connectivity index (χ3n) is 3.53. The number of nitrogens with zero attached hydrogens (tertiary/aromatic N) is 1. The van der Waals surface area contributed by atoms with Gasteiger partial charge in [0.1, 0.15) is 5.78 Å². The first-order chi connectivity index (χ1) is 6.07. The third kappa shape index (κ3) is 2.11. The van der Waals surface area contributed by atoms with Crippen LogP contribution < -0.4 is 0 Å². The van der Waals surface area contributed by atoms with Crippen LogP contribution in [0.3, 0.4) is 0 Å². The molecule has 1 fully saturated rings. The Morgan fingerprint density at radius 3 is 2.69 bits per heavy atom. The SMILES string of the molecule is CCC(C)N1CCC(=O)C(C)C1C. The van der Waals surface area contributed by atoms with Gasteiger partial charge in [-0.15, -0.1) is 0 Å². The van der Waals surface area contributed by atoms with Gasteiger partial charge in [0.25, 0.3) is 0 Å². The van der Waals surface area contributed by atoms with E-state index in [1.807, 2.05) is 0 Å². The number of hydrogen-bond donors (Lipinski definition) is 0. The molecule has 1 heterocycles. The highest BCUT2D eigenvalue weighted by atomic mass is 16.1. The molecule has 0 aromatic rings. The number of rotatable bonds is 2. The second kappa shape index (κ2) is 4.23. The van der Waals surface area contributed by atoms with E-state index in [0.29, 0.717) is 17.9 Å². The summed E-state index contributed by atoms with van der Waals surface area (Å²) in [7, 11) is 0. The van der Waals surface area contributed by atoms with Gasteiger partial charge in [0.2, 0.25) is 0 Å². The van der Waals surface area contributed by atoms with Gasteiger partial charge < -0.3 is 0 Å². The van der Waals surface area contributed by atoms with Crippen LogP contribution in [0.15, 0.2) is 0 Å². The fourth-order valence-electron chi connectivity index (χ4n) is 2.08. The molecular formula is C11H21NO. The van der Waals surface area contributed by atoms with Crippen LogP contribution in [0.2, 0.25) is 0 Å². The van der Waals surface area contributed by atoms with E-state index >= 15 is 0 Å². The number of Topliss-reactive ketones (excluding diaryl/α,β-unsaturated/α-hetero) is 1. The van der Waals surface area contributed by atoms with Crippen molar-refractivity contribution in [2.24, 2.45) is 5.92 Å². The van der Waals surface area contributed by atoms with E-state index in [2.05, 4.69) is 32.6 Å². The maximum atomic E-state index is 11.4. The first kappa shape index (κ1) is 10.7. The largest absolute Gasteiger partial charge is 0.299 e. The van der Waals surface area contributed by atoms with Crippen molar-refractivity contribution in [3.05, 3.63) is 0 Å². The number of carbonyl (C=O) groups is 1. The second-order valence-electron chi connectivity index (χ2n) is 4.24. The summed E-state index contributed by atoms with van der Waals surface area (Å²) in [5, 5.41) is 0. The minimum atomic E-state index is 0.225. The maximum Gasteiger partial charge on any atom is 0.138 e. The molecule has 3 atom stereocenters. The van der Waals surface area contributed by atoms with Crippen molar-refractivity contribution in [2.75, 3.05) is 6.54 Å². The average molecular weight is 183 g/mol. The van der Waals surface area contributed by atoms with Crippen LogP contribution in [0.4, 0.5) is 0 Å². The zero-order valence-corrected chi connectivity index (χ0v) is 9.21. The molecule has 1 rings (SSSR count). The molecule has 1 aliphatic heterocycles. The van der Waals surface area contributed by atoms with E-state index < -0.39 is 0 Å². The van der Waals surface area contributed by atoms with Crippen LogP contribution >= 0.6 is 0 Å². The summed E-state index contributed by atoms with van der Waals surface area (Å²) in [5.41, 5.74) is 0. The van der Waals surface area contributed by atoms with Gasteiger partial charge in [0.15, 0.2) is 0 Å². The highest BCUT2D eigenvalue weighted by molar-refractivity contribution is 5.82. The lowest BCUT2D eigenvalue weighted by Crippen LogP contribution is -2.50. The molecule has 0 aliphatic carbocycles. The molecule has 3 unspecified atom stereocenters. The minimum Gasteiger partial charge on any atom is -0.299 e. The highest BCUT2D eigenvalue weighted by Gasteiger charge is 2.32. The molecule has 1 aliphatic rings. The Balaban J connectivity index is 2.63. The molecule has 0 spiro atoms. The predicted molar refractivity (Wildman–Crippen MR) is 54.7 cm³/mol. The van der Waals surface area contributed by atoms with Crippen molar-refractivity contribution in [2.45, 2.75) is 52.6 Å². The van der Waals surface area contributed by atoms with Crippen LogP contribution in [-0.4, -0.2) is 29.3 Å². The van der Waals surface area contributed by atoms with Gasteiger partial charge in [-0.05, 0) is 20.3 Å². The number of hydrogen-bond acceptors (Lipinski definition) is 2. The quantitative estimate of drug-likeness (QED) is 0.653. The Morgan fingerprint density at radius 2 is 2.15 bits per heavy atom. The molecule has 2 heteroatoms. The monoisotopic (exact) mass is 183 g/mol. The fraction of sp³-hybridized carbons (Fsp3) is 0.909. The lowest BCUT2D eigenvalue weighted by Gasteiger charge is -2.40. The summed E-state index contributed by atoms with van der Waals surface area (Å²) >= 11 is 0. The van der Waals surface area contributed by atoms with E-state index in [-0.39, 0.29) is 5.92 Å². The number of carbonyl (C=O) groups excluding carboxylic acids is 1. The Hall–Kier alpha value is -0.370. The van der Waals surface area contributed by atoms with Gasteiger partial charge >= 0.3 is 0 Å². The van der Waals surface area contributed by atoms with Crippen LogP contribution in [0.5, 0.6) is 0 Å². The topological polar surface area (TPSA) is 20.3 Å². The number of likely N-dealkylation sites (tertiary alicyclic amines) is 1. The standard InChI is InChI=1S/C11H21NO/c1-5-8(2)12-7-6-11(13)9(3)10(12)4/h8-10H,5-7H2,1-4H3. The molecule has 0 amide bonds. The first-order valence-corrected chi connectivity index (χ1v) is 5.36. The number of ketones is 1. The zero-order valence-electron chi connectivity index (χ0n) is 9.21. The Morgan fingerprint density at radius 1 is 1.54 bits per heavy atom. The molecule has 2 nitrogen and oxygen atoms in total. The summed E-state index contributed by atoms with van der Waals surface area (Å²) in [5.74, 6) is 0.662. The van der Waals surface area contributed by atoms with Gasteiger partial charge in [-0.25, -0.2) is 0 Å². The summed E-state index contributed by atoms with van der Waals surface area (Å²) in [4.78, 5) is 13.9. The average Bonchev–Trinajstić information content (AvgIpc) is 2.13. The molecule has 0 saturated carbocycles. The van der Waals surface area contributed by atoms with E-state index in [1.54, 1.807) is 0 Å².